The first-order valence-electron chi connectivity index (χ1n) is 10.0. The van der Waals surface area contributed by atoms with Gasteiger partial charge in [0.15, 0.2) is 0 Å². The van der Waals surface area contributed by atoms with Gasteiger partial charge in [0.05, 0.1) is 16.3 Å². The molecule has 0 saturated heterocycles. The summed E-state index contributed by atoms with van der Waals surface area (Å²) < 4.78 is 28.7. The van der Waals surface area contributed by atoms with Gasteiger partial charge in [-0.3, -0.25) is 14.3 Å². The van der Waals surface area contributed by atoms with E-state index >= 15 is 0 Å². The van der Waals surface area contributed by atoms with E-state index in [0.717, 1.165) is 17.8 Å². The summed E-state index contributed by atoms with van der Waals surface area (Å²) in [6, 6.07) is 17.1. The minimum absolute atomic E-state index is 0.0791. The Balaban J connectivity index is 1.71. The van der Waals surface area contributed by atoms with Gasteiger partial charge in [0, 0.05) is 22.7 Å². The molecule has 34 heavy (non-hydrogen) atoms. The molecule has 0 aliphatic heterocycles. The summed E-state index contributed by atoms with van der Waals surface area (Å²) in [5, 5.41) is 11.8. The second-order valence-electron chi connectivity index (χ2n) is 7.52. The minimum atomic E-state index is -4.20. The molecule has 0 unspecified atom stereocenters. The van der Waals surface area contributed by atoms with E-state index in [4.69, 9.17) is 0 Å². The number of aromatic amines is 1. The largest absolute Gasteiger partial charge is 0.477 e. The van der Waals surface area contributed by atoms with Crippen LogP contribution in [0.15, 0.2) is 82.6 Å². The second-order valence-corrected chi connectivity index (χ2v) is 9.20. The molecule has 0 radical (unpaired) electrons. The predicted molar refractivity (Wildman–Crippen MR) is 128 cm³/mol. The number of rotatable bonds is 6. The zero-order valence-electron chi connectivity index (χ0n) is 17.8. The van der Waals surface area contributed by atoms with E-state index in [1.54, 1.807) is 55.5 Å². The fourth-order valence-corrected chi connectivity index (χ4v) is 4.46. The lowest BCUT2D eigenvalue weighted by molar-refractivity contribution is 0.0695. The van der Waals surface area contributed by atoms with Crippen LogP contribution in [0.2, 0.25) is 0 Å². The topological polar surface area (TPSA) is 145 Å². The normalized spacial score (nSPS) is 11.2. The molecule has 1 heterocycles. The van der Waals surface area contributed by atoms with Gasteiger partial charge in [-0.05, 0) is 55.0 Å². The summed E-state index contributed by atoms with van der Waals surface area (Å²) in [5.41, 5.74) is 0.522. The molecule has 0 aliphatic rings. The molecule has 4 N–H and O–H groups in total. The highest BCUT2D eigenvalue weighted by Gasteiger charge is 2.20. The van der Waals surface area contributed by atoms with Crippen LogP contribution in [-0.2, 0) is 10.0 Å². The maximum atomic E-state index is 13.1. The number of sulfonamides is 1. The van der Waals surface area contributed by atoms with Crippen molar-refractivity contribution >= 4 is 44.2 Å². The molecule has 4 rings (SSSR count). The van der Waals surface area contributed by atoms with Crippen LogP contribution in [0.3, 0.4) is 0 Å². The third-order valence-electron chi connectivity index (χ3n) is 5.10. The smallest absolute Gasteiger partial charge is 0.341 e. The number of fused-ring (bicyclic) bond motifs is 1. The van der Waals surface area contributed by atoms with Crippen molar-refractivity contribution in [1.82, 2.24) is 4.98 Å². The van der Waals surface area contributed by atoms with Crippen LogP contribution in [0.1, 0.15) is 26.3 Å². The Morgan fingerprint density at radius 3 is 2.38 bits per heavy atom. The molecule has 0 atom stereocenters. The van der Waals surface area contributed by atoms with Crippen molar-refractivity contribution in [1.29, 1.82) is 0 Å². The number of aromatic carboxylic acids is 1. The number of hydrogen-bond donors (Lipinski definition) is 4. The molecular formula is C24H19N3O6S. The number of aryl methyl sites for hydroxylation is 1. The number of amides is 1. The third kappa shape index (κ3) is 4.52. The van der Waals surface area contributed by atoms with Crippen molar-refractivity contribution in [2.45, 2.75) is 11.8 Å². The highest BCUT2D eigenvalue weighted by molar-refractivity contribution is 7.92. The van der Waals surface area contributed by atoms with Gasteiger partial charge in [-0.15, -0.1) is 0 Å². The first-order valence-corrected chi connectivity index (χ1v) is 11.5. The Kier molecular flexibility index (Phi) is 5.91. The Labute approximate surface area is 194 Å². The lowest BCUT2D eigenvalue weighted by Gasteiger charge is -2.15. The van der Waals surface area contributed by atoms with Crippen LogP contribution in [0, 0.1) is 6.92 Å². The summed E-state index contributed by atoms with van der Waals surface area (Å²) >= 11 is 0. The Hall–Kier alpha value is -4.44. The molecule has 0 aliphatic carbocycles. The van der Waals surface area contributed by atoms with Gasteiger partial charge in [0.2, 0.25) is 5.43 Å². The van der Waals surface area contributed by atoms with Crippen LogP contribution in [-0.4, -0.2) is 30.4 Å². The van der Waals surface area contributed by atoms with Crippen molar-refractivity contribution in [2.75, 3.05) is 10.0 Å². The molecule has 4 aromatic rings. The number of carboxylic acid groups (broad SMARTS) is 1. The average molecular weight is 477 g/mol. The van der Waals surface area contributed by atoms with Crippen LogP contribution >= 0.6 is 0 Å². The third-order valence-corrected chi connectivity index (χ3v) is 6.46. The van der Waals surface area contributed by atoms with Gasteiger partial charge in [0.25, 0.3) is 15.9 Å². The molecule has 9 nitrogen and oxygen atoms in total. The molecule has 10 heteroatoms. The number of carbonyl (C=O) groups is 2. The van der Waals surface area contributed by atoms with E-state index in [9.17, 15) is 27.9 Å². The molecule has 3 aromatic carbocycles. The summed E-state index contributed by atoms with van der Waals surface area (Å²) in [4.78, 5) is 38.8. The first kappa shape index (κ1) is 22.7. The molecule has 1 amide bonds. The van der Waals surface area contributed by atoms with Gasteiger partial charge in [-0.25, -0.2) is 13.2 Å². The summed E-state index contributed by atoms with van der Waals surface area (Å²) in [7, 11) is -4.20. The fourth-order valence-electron chi connectivity index (χ4n) is 3.36. The minimum Gasteiger partial charge on any atom is -0.477 e. The van der Waals surface area contributed by atoms with Crippen LogP contribution in [0.4, 0.5) is 11.4 Å². The number of pyridine rings is 1. The van der Waals surface area contributed by atoms with E-state index in [2.05, 4.69) is 15.0 Å². The SMILES string of the molecule is Cc1ccc(NC(=O)c2ccccc2)c(NS(=O)(=O)c2ccc3[nH]cc(C(=O)O)c(=O)c3c2)c1. The van der Waals surface area contributed by atoms with E-state index in [1.165, 1.54) is 12.1 Å². The predicted octanol–water partition coefficient (Wildman–Crippen LogP) is 3.59. The van der Waals surface area contributed by atoms with Gasteiger partial charge in [-0.2, -0.15) is 0 Å². The number of carbonyl (C=O) groups excluding carboxylic acids is 1. The van der Waals surface area contributed by atoms with E-state index in [-0.39, 0.29) is 21.7 Å². The highest BCUT2D eigenvalue weighted by Crippen LogP contribution is 2.27. The van der Waals surface area contributed by atoms with Crippen molar-refractivity contribution in [3.8, 4) is 0 Å². The zero-order chi connectivity index (χ0) is 24.5. The van der Waals surface area contributed by atoms with Crippen molar-refractivity contribution < 1.29 is 23.1 Å². The van der Waals surface area contributed by atoms with Gasteiger partial charge in [0.1, 0.15) is 5.56 Å². The Morgan fingerprint density at radius 2 is 1.68 bits per heavy atom. The van der Waals surface area contributed by atoms with Crippen molar-refractivity contribution in [3.63, 3.8) is 0 Å². The zero-order valence-corrected chi connectivity index (χ0v) is 18.6. The monoisotopic (exact) mass is 477 g/mol. The lowest BCUT2D eigenvalue weighted by Crippen LogP contribution is -2.18. The Morgan fingerprint density at radius 1 is 0.941 bits per heavy atom. The van der Waals surface area contributed by atoms with Crippen LogP contribution < -0.4 is 15.5 Å². The van der Waals surface area contributed by atoms with Crippen LogP contribution in [0.5, 0.6) is 0 Å². The number of aromatic nitrogens is 1. The first-order chi connectivity index (χ1) is 16.2. The van der Waals surface area contributed by atoms with Crippen LogP contribution in [0.25, 0.3) is 10.9 Å². The molecule has 0 spiro atoms. The fraction of sp³-hybridized carbons (Fsp3) is 0.0417. The quantitative estimate of drug-likeness (QED) is 0.334. The number of hydrogen-bond acceptors (Lipinski definition) is 5. The van der Waals surface area contributed by atoms with E-state index < -0.39 is 32.9 Å². The molecule has 0 fully saturated rings. The second kappa shape index (κ2) is 8.83. The van der Waals surface area contributed by atoms with Crippen molar-refractivity contribution in [3.05, 3.63) is 99.8 Å². The highest BCUT2D eigenvalue weighted by atomic mass is 32.2. The maximum Gasteiger partial charge on any atom is 0.341 e. The molecule has 0 bridgehead atoms. The number of H-pyrrole nitrogens is 1. The number of nitrogens with one attached hydrogen (secondary N) is 3. The van der Waals surface area contributed by atoms with E-state index in [0.29, 0.717) is 11.1 Å². The average Bonchev–Trinajstić information content (AvgIpc) is 2.81. The van der Waals surface area contributed by atoms with Gasteiger partial charge < -0.3 is 15.4 Å². The molecule has 172 valence electrons. The van der Waals surface area contributed by atoms with E-state index in [1.807, 2.05) is 0 Å². The summed E-state index contributed by atoms with van der Waals surface area (Å²) in [5.74, 6) is -1.84. The Bertz CT molecular complexity index is 1590. The maximum absolute atomic E-state index is 13.1. The van der Waals surface area contributed by atoms with Gasteiger partial charge >= 0.3 is 5.97 Å². The molecule has 0 saturated carbocycles. The van der Waals surface area contributed by atoms with Crippen molar-refractivity contribution in [2.24, 2.45) is 0 Å². The van der Waals surface area contributed by atoms with Gasteiger partial charge in [-0.1, -0.05) is 24.3 Å². The summed E-state index contributed by atoms with van der Waals surface area (Å²) in [6.07, 6.45) is 1.06. The number of anilines is 2. The standard InChI is InChI=1S/C24H19N3O6S/c1-14-7-9-20(26-23(29)15-5-3-2-4-6-15)21(11-14)27-34(32,33)16-8-10-19-17(12-16)22(28)18(13-25-19)24(30)31/h2-13,27H,1H3,(H,25,28)(H,26,29)(H,30,31). The number of benzene rings is 3. The number of carboxylic acids is 1. The lowest BCUT2D eigenvalue weighted by atomic mass is 10.1. The summed E-state index contributed by atoms with van der Waals surface area (Å²) in [6.45, 7) is 1.77. The molecule has 1 aromatic heterocycles. The molecular weight excluding hydrogens is 458 g/mol.